The molecule has 1 fully saturated rings. The first-order valence-electron chi connectivity index (χ1n) is 9.75. The van der Waals surface area contributed by atoms with E-state index in [9.17, 15) is 13.6 Å². The highest BCUT2D eigenvalue weighted by Crippen LogP contribution is 2.52. The number of ether oxygens (including phenoxy) is 2. The Morgan fingerprint density at radius 2 is 1.97 bits per heavy atom. The molecule has 1 saturated carbocycles. The molecule has 0 atom stereocenters. The molecule has 1 heterocycles. The SMILES string of the molecule is CC/C=C(/N(C)CCCl)C(C)(C)NC(=O)C1(c2ccc3c(c2)OC(F)(F)O3)CC1. The number of hydrogen-bond donors (Lipinski definition) is 1. The second-order valence-corrected chi connectivity index (χ2v) is 8.48. The van der Waals surface area contributed by atoms with Gasteiger partial charge in [0.05, 0.1) is 11.0 Å². The summed E-state index contributed by atoms with van der Waals surface area (Å²) in [4.78, 5) is 15.3. The van der Waals surface area contributed by atoms with Crippen molar-refractivity contribution in [3.63, 3.8) is 0 Å². The predicted molar refractivity (Wildman–Crippen MR) is 108 cm³/mol. The van der Waals surface area contributed by atoms with Crippen LogP contribution in [0.2, 0.25) is 0 Å². The molecule has 29 heavy (non-hydrogen) atoms. The third-order valence-electron chi connectivity index (χ3n) is 5.43. The van der Waals surface area contributed by atoms with E-state index < -0.39 is 17.2 Å². The summed E-state index contributed by atoms with van der Waals surface area (Å²) in [5.41, 5.74) is 0.277. The fraction of sp³-hybridized carbons (Fsp3) is 0.571. The van der Waals surface area contributed by atoms with Crippen LogP contribution in [-0.4, -0.2) is 42.1 Å². The van der Waals surface area contributed by atoms with E-state index >= 15 is 0 Å². The lowest BCUT2D eigenvalue weighted by Gasteiger charge is -2.37. The van der Waals surface area contributed by atoms with Gasteiger partial charge in [0, 0.05) is 25.2 Å². The number of carbonyl (C=O) groups excluding carboxylic acids is 1. The standard InChI is InChI=1S/C21H27ClF2N2O3/c1-5-6-17(26(4)12-11-22)19(2,3)25-18(27)20(9-10-20)14-7-8-15-16(13-14)29-21(23,24)28-15/h6-8,13H,5,9-12H2,1-4H3,(H,25,27)/b17-6+. The average Bonchev–Trinajstić information content (AvgIpc) is 3.36. The minimum Gasteiger partial charge on any atom is -0.395 e. The maximum Gasteiger partial charge on any atom is 0.586 e. The summed E-state index contributed by atoms with van der Waals surface area (Å²) in [6.45, 7) is 6.60. The second kappa shape index (κ2) is 7.67. The highest BCUT2D eigenvalue weighted by Gasteiger charge is 2.53. The van der Waals surface area contributed by atoms with Gasteiger partial charge in [0.1, 0.15) is 0 Å². The van der Waals surface area contributed by atoms with Gasteiger partial charge in [-0.05, 0) is 50.8 Å². The van der Waals surface area contributed by atoms with Gasteiger partial charge in [-0.25, -0.2) is 0 Å². The number of hydrogen-bond acceptors (Lipinski definition) is 4. The summed E-state index contributed by atoms with van der Waals surface area (Å²) in [5.74, 6) is 0.285. The number of nitrogens with zero attached hydrogens (tertiary/aromatic N) is 1. The van der Waals surface area contributed by atoms with E-state index in [1.165, 1.54) is 12.1 Å². The Balaban J connectivity index is 1.81. The quantitative estimate of drug-likeness (QED) is 0.623. The van der Waals surface area contributed by atoms with Crippen LogP contribution in [0.3, 0.4) is 0 Å². The maximum absolute atomic E-state index is 13.3. The van der Waals surface area contributed by atoms with Crippen LogP contribution in [0.4, 0.5) is 8.78 Å². The van der Waals surface area contributed by atoms with E-state index in [0.717, 1.165) is 12.1 Å². The lowest BCUT2D eigenvalue weighted by Crippen LogP contribution is -2.52. The summed E-state index contributed by atoms with van der Waals surface area (Å²) in [6.07, 6.45) is 0.525. The van der Waals surface area contributed by atoms with Crippen molar-refractivity contribution in [2.45, 2.75) is 57.3 Å². The molecular formula is C21H27ClF2N2O3. The molecule has 1 amide bonds. The molecule has 1 N–H and O–H groups in total. The highest BCUT2D eigenvalue weighted by molar-refractivity contribution is 6.18. The topological polar surface area (TPSA) is 50.8 Å². The molecule has 5 nitrogen and oxygen atoms in total. The van der Waals surface area contributed by atoms with E-state index in [0.29, 0.717) is 30.8 Å². The van der Waals surface area contributed by atoms with E-state index in [2.05, 4.69) is 20.9 Å². The Kier molecular flexibility index (Phi) is 5.73. The minimum atomic E-state index is -3.67. The normalized spacial score (nSPS) is 19.1. The number of nitrogens with one attached hydrogen (secondary N) is 1. The van der Waals surface area contributed by atoms with Crippen LogP contribution < -0.4 is 14.8 Å². The molecule has 0 aromatic heterocycles. The number of carbonyl (C=O) groups is 1. The number of benzene rings is 1. The Labute approximate surface area is 175 Å². The summed E-state index contributed by atoms with van der Waals surface area (Å²) in [5, 5.41) is 3.15. The second-order valence-electron chi connectivity index (χ2n) is 8.10. The first-order chi connectivity index (χ1) is 13.5. The van der Waals surface area contributed by atoms with Crippen LogP contribution >= 0.6 is 11.6 Å². The number of fused-ring (bicyclic) bond motifs is 1. The first kappa shape index (κ1) is 21.7. The first-order valence-corrected chi connectivity index (χ1v) is 10.3. The Bertz CT molecular complexity index is 822. The van der Waals surface area contributed by atoms with Gasteiger partial charge >= 0.3 is 6.29 Å². The molecule has 0 spiro atoms. The van der Waals surface area contributed by atoms with Crippen LogP contribution in [0.25, 0.3) is 0 Å². The average molecular weight is 429 g/mol. The van der Waals surface area contributed by atoms with Crippen molar-refractivity contribution in [2.24, 2.45) is 0 Å². The third kappa shape index (κ3) is 4.29. The number of allylic oxidation sites excluding steroid dienone is 1. The smallest absolute Gasteiger partial charge is 0.395 e. The number of halogens is 3. The van der Waals surface area contributed by atoms with Crippen molar-refractivity contribution in [3.8, 4) is 11.5 Å². The zero-order valence-corrected chi connectivity index (χ0v) is 17.9. The van der Waals surface area contributed by atoms with Crippen LogP contribution in [0.15, 0.2) is 30.0 Å². The van der Waals surface area contributed by atoms with Gasteiger partial charge in [-0.15, -0.1) is 20.4 Å². The Hall–Kier alpha value is -2.02. The zero-order valence-electron chi connectivity index (χ0n) is 17.2. The molecule has 0 bridgehead atoms. The molecule has 8 heteroatoms. The predicted octanol–water partition coefficient (Wildman–Crippen LogP) is 4.40. The zero-order chi connectivity index (χ0) is 21.4. The van der Waals surface area contributed by atoms with Crippen molar-refractivity contribution >= 4 is 17.5 Å². The molecule has 3 rings (SSSR count). The monoisotopic (exact) mass is 428 g/mol. The van der Waals surface area contributed by atoms with Crippen molar-refractivity contribution in [1.82, 2.24) is 10.2 Å². The van der Waals surface area contributed by atoms with Gasteiger partial charge in [-0.2, -0.15) is 0 Å². The number of likely N-dealkylation sites (N-methyl/N-ethyl adjacent to an activating group) is 1. The van der Waals surface area contributed by atoms with Gasteiger partial charge in [0.15, 0.2) is 11.5 Å². The highest BCUT2D eigenvalue weighted by atomic mass is 35.5. The summed E-state index contributed by atoms with van der Waals surface area (Å²) in [6, 6.07) is 4.57. The van der Waals surface area contributed by atoms with Gasteiger partial charge in [-0.1, -0.05) is 19.1 Å². The largest absolute Gasteiger partial charge is 0.586 e. The van der Waals surface area contributed by atoms with Gasteiger partial charge in [0.25, 0.3) is 0 Å². The molecular weight excluding hydrogens is 402 g/mol. The molecule has 2 aliphatic rings. The molecule has 0 saturated heterocycles. The summed E-state index contributed by atoms with van der Waals surface area (Å²) < 4.78 is 35.6. The van der Waals surface area contributed by atoms with E-state index in [1.54, 1.807) is 6.07 Å². The summed E-state index contributed by atoms with van der Waals surface area (Å²) in [7, 11) is 1.95. The van der Waals surface area contributed by atoms with Crippen molar-refractivity contribution in [2.75, 3.05) is 19.5 Å². The van der Waals surface area contributed by atoms with Crippen LogP contribution in [0.5, 0.6) is 11.5 Å². The fourth-order valence-corrected chi connectivity index (χ4v) is 4.07. The summed E-state index contributed by atoms with van der Waals surface area (Å²) >= 11 is 5.89. The molecule has 1 aromatic carbocycles. The molecule has 1 aliphatic heterocycles. The number of amides is 1. The maximum atomic E-state index is 13.3. The van der Waals surface area contributed by atoms with Crippen LogP contribution in [-0.2, 0) is 10.2 Å². The molecule has 0 unspecified atom stereocenters. The van der Waals surface area contributed by atoms with Gasteiger partial charge < -0.3 is 19.7 Å². The lowest BCUT2D eigenvalue weighted by atomic mass is 9.91. The van der Waals surface area contributed by atoms with E-state index in [1.807, 2.05) is 32.7 Å². The van der Waals surface area contributed by atoms with Crippen molar-refractivity contribution in [3.05, 3.63) is 35.5 Å². The van der Waals surface area contributed by atoms with Gasteiger partial charge in [0.2, 0.25) is 5.91 Å². The number of rotatable bonds is 8. The van der Waals surface area contributed by atoms with Crippen molar-refractivity contribution in [1.29, 1.82) is 0 Å². The molecule has 1 aromatic rings. The van der Waals surface area contributed by atoms with Crippen molar-refractivity contribution < 1.29 is 23.0 Å². The molecule has 0 radical (unpaired) electrons. The fourth-order valence-electron chi connectivity index (χ4n) is 3.81. The van der Waals surface area contributed by atoms with Crippen LogP contribution in [0.1, 0.15) is 45.6 Å². The lowest BCUT2D eigenvalue weighted by molar-refractivity contribution is -0.286. The van der Waals surface area contributed by atoms with E-state index in [-0.39, 0.29) is 17.4 Å². The molecule has 160 valence electrons. The molecule has 1 aliphatic carbocycles. The number of alkyl halides is 3. The van der Waals surface area contributed by atoms with E-state index in [4.69, 9.17) is 11.6 Å². The Morgan fingerprint density at radius 3 is 2.55 bits per heavy atom. The third-order valence-corrected chi connectivity index (χ3v) is 5.60. The Morgan fingerprint density at radius 1 is 1.31 bits per heavy atom. The minimum absolute atomic E-state index is 0.0221. The van der Waals surface area contributed by atoms with Gasteiger partial charge in [-0.3, -0.25) is 4.79 Å². The van der Waals surface area contributed by atoms with Crippen LogP contribution in [0, 0.1) is 0 Å².